The van der Waals surface area contributed by atoms with Crippen molar-refractivity contribution < 1.29 is 37.1 Å². The van der Waals surface area contributed by atoms with E-state index >= 15 is 8.78 Å². The van der Waals surface area contributed by atoms with E-state index in [0.717, 1.165) is 82.1 Å². The molecule has 1 saturated carbocycles. The Bertz CT molecular complexity index is 2570. The Kier molecular flexibility index (Phi) is 13.4. The first-order valence-corrected chi connectivity index (χ1v) is 23.7. The van der Waals surface area contributed by atoms with E-state index < -0.39 is 29.4 Å². The number of fused-ring (bicyclic) bond motifs is 2. The number of benzene rings is 3. The van der Waals surface area contributed by atoms with Crippen LogP contribution in [0.25, 0.3) is 22.0 Å². The summed E-state index contributed by atoms with van der Waals surface area (Å²) in [6.45, 7) is 10.4. The number of amides is 4. The molecule has 5 heterocycles. The van der Waals surface area contributed by atoms with Gasteiger partial charge in [-0.15, -0.1) is 0 Å². The van der Waals surface area contributed by atoms with Crippen molar-refractivity contribution in [1.29, 1.82) is 0 Å². The summed E-state index contributed by atoms with van der Waals surface area (Å²) < 4.78 is 53.5. The van der Waals surface area contributed by atoms with Crippen molar-refractivity contribution in [3.8, 4) is 16.9 Å². The number of nitrogens with one attached hydrogen (secondary N) is 1. The van der Waals surface area contributed by atoms with Crippen LogP contribution in [0.2, 0.25) is 0 Å². The van der Waals surface area contributed by atoms with Gasteiger partial charge in [0.25, 0.3) is 11.8 Å². The van der Waals surface area contributed by atoms with E-state index in [9.17, 15) is 23.6 Å². The SMILES string of the molecule is C=C(Cl)C(=O)N1CCN(c2ncnc3c(F)c(-c4c(F)cccc4OCCC4CCC(CCN5CCC(c6cc(F)cc7c6CN(C6CCC(=O)NC6=O)C7=O)CC5)CC4)c(C)cc23)CC1. The van der Waals surface area contributed by atoms with E-state index in [2.05, 4.69) is 26.8 Å². The van der Waals surface area contributed by atoms with Crippen LogP contribution < -0.4 is 15.0 Å². The molecule has 1 unspecified atom stereocenters. The summed E-state index contributed by atoms with van der Waals surface area (Å²) in [6.07, 6.45) is 9.81. The maximum absolute atomic E-state index is 16.6. The molecular weight excluding hydrogens is 871 g/mol. The average Bonchev–Trinajstić information content (AvgIpc) is 3.63. The Balaban J connectivity index is 0.754. The number of carbonyl (C=O) groups excluding carboxylic acids is 4. The fourth-order valence-corrected chi connectivity index (χ4v) is 11.1. The summed E-state index contributed by atoms with van der Waals surface area (Å²) in [5.74, 6) is -1.10. The van der Waals surface area contributed by atoms with Crippen molar-refractivity contribution in [3.05, 3.63) is 94.0 Å². The molecule has 0 spiro atoms. The lowest BCUT2D eigenvalue weighted by atomic mass is 9.79. The second kappa shape index (κ2) is 19.4. The monoisotopic (exact) mass is 925 g/mol. The molecule has 0 bridgehead atoms. The normalized spacial score (nSPS) is 21.9. The number of piperidine rings is 2. The van der Waals surface area contributed by atoms with Crippen molar-refractivity contribution >= 4 is 52.0 Å². The highest BCUT2D eigenvalue weighted by Crippen LogP contribution is 2.42. The third-order valence-electron chi connectivity index (χ3n) is 14.7. The van der Waals surface area contributed by atoms with Crippen LogP contribution >= 0.6 is 11.6 Å². The van der Waals surface area contributed by atoms with Crippen molar-refractivity contribution in [3.63, 3.8) is 0 Å². The Morgan fingerprint density at radius 3 is 2.33 bits per heavy atom. The Labute approximate surface area is 387 Å². The van der Waals surface area contributed by atoms with E-state index in [-0.39, 0.29) is 70.5 Å². The molecule has 4 aliphatic heterocycles. The number of carbonyl (C=O) groups is 4. The molecule has 12 nitrogen and oxygen atoms in total. The molecule has 4 fully saturated rings. The summed E-state index contributed by atoms with van der Waals surface area (Å²) in [5, 5.41) is 2.80. The fourth-order valence-electron chi connectivity index (χ4n) is 11.0. The smallest absolute Gasteiger partial charge is 0.264 e. The largest absolute Gasteiger partial charge is 0.493 e. The molecule has 4 amide bonds. The molecule has 5 aliphatic rings. The lowest BCUT2D eigenvalue weighted by molar-refractivity contribution is -0.137. The number of hydrogen-bond acceptors (Lipinski definition) is 9. The van der Waals surface area contributed by atoms with Crippen LogP contribution in [0.3, 0.4) is 0 Å². The number of anilines is 1. The van der Waals surface area contributed by atoms with Crippen molar-refractivity contribution in [2.45, 2.75) is 89.6 Å². The van der Waals surface area contributed by atoms with Gasteiger partial charge in [-0.25, -0.2) is 23.1 Å². The van der Waals surface area contributed by atoms with Gasteiger partial charge in [0.2, 0.25) is 11.8 Å². The molecule has 16 heteroatoms. The maximum atomic E-state index is 16.6. The highest BCUT2D eigenvalue weighted by Gasteiger charge is 2.41. The standard InChI is InChI=1S/C50H55ClF3N7O5/c1-29-24-37-46(55-28-56-47(37)59-19-21-60(22-20-59)49(64)30(2)51)45(54)43(29)44-39(53)4-3-5-41(44)66-23-15-32-8-6-31(7-9-32)12-16-58-17-13-33(14-18-58)35-25-34(52)26-36-38(35)27-61(50(36)65)40-10-11-42(62)57-48(40)63/h3-5,24-26,28,31-33,40H,2,6-23,27H2,1H3,(H,57,62,63). The number of imide groups is 1. The number of hydrogen-bond donors (Lipinski definition) is 1. The molecular formula is C50H55ClF3N7O5. The number of ether oxygens (including phenoxy) is 1. The fraction of sp³-hybridized carbons (Fsp3) is 0.480. The average molecular weight is 926 g/mol. The van der Waals surface area contributed by atoms with Gasteiger partial charge in [0.15, 0.2) is 5.82 Å². The van der Waals surface area contributed by atoms with Crippen LogP contribution in [-0.2, 0) is 20.9 Å². The highest BCUT2D eigenvalue weighted by molar-refractivity contribution is 6.41. The predicted octanol–water partition coefficient (Wildman–Crippen LogP) is 8.03. The van der Waals surface area contributed by atoms with E-state index in [1.54, 1.807) is 36.1 Å². The number of halogens is 4. The molecule has 4 aromatic rings. The number of rotatable bonds is 12. The number of piperazine rings is 1. The van der Waals surface area contributed by atoms with Crippen molar-refractivity contribution in [2.75, 3.05) is 57.3 Å². The first-order chi connectivity index (χ1) is 31.8. The van der Waals surface area contributed by atoms with Gasteiger partial charge in [0, 0.05) is 55.7 Å². The lowest BCUT2D eigenvalue weighted by Crippen LogP contribution is -2.52. The van der Waals surface area contributed by atoms with Gasteiger partial charge in [-0.2, -0.15) is 0 Å². The van der Waals surface area contributed by atoms with Crippen LogP contribution in [0.4, 0.5) is 19.0 Å². The first kappa shape index (κ1) is 45.6. The molecule has 3 aromatic carbocycles. The summed E-state index contributed by atoms with van der Waals surface area (Å²) in [6, 6.07) is 8.49. The molecule has 1 aromatic heterocycles. The minimum Gasteiger partial charge on any atom is -0.493 e. The summed E-state index contributed by atoms with van der Waals surface area (Å²) in [7, 11) is 0. The topological polar surface area (TPSA) is 128 Å². The third kappa shape index (κ3) is 9.25. The predicted molar refractivity (Wildman–Crippen MR) is 244 cm³/mol. The Morgan fingerprint density at radius 2 is 1.62 bits per heavy atom. The van der Waals surface area contributed by atoms with Crippen LogP contribution in [0, 0.1) is 36.2 Å². The zero-order chi connectivity index (χ0) is 46.2. The van der Waals surface area contributed by atoms with Gasteiger partial charge in [0.1, 0.15) is 41.1 Å². The molecule has 1 atom stereocenters. The van der Waals surface area contributed by atoms with Gasteiger partial charge < -0.3 is 24.3 Å². The van der Waals surface area contributed by atoms with Gasteiger partial charge in [-0.05, 0) is 123 Å². The number of likely N-dealkylation sites (tertiary alicyclic amines) is 1. The number of aryl methyl sites for hydroxylation is 1. The Hall–Kier alpha value is -5.54. The third-order valence-corrected chi connectivity index (χ3v) is 14.8. The zero-order valence-corrected chi connectivity index (χ0v) is 38.0. The summed E-state index contributed by atoms with van der Waals surface area (Å²) in [5.41, 5.74) is 2.78. The molecule has 66 heavy (non-hydrogen) atoms. The Morgan fingerprint density at radius 1 is 0.894 bits per heavy atom. The second-order valence-corrected chi connectivity index (χ2v) is 19.1. The van der Waals surface area contributed by atoms with E-state index in [1.807, 2.05) is 4.90 Å². The zero-order valence-electron chi connectivity index (χ0n) is 37.2. The van der Waals surface area contributed by atoms with E-state index in [4.69, 9.17) is 16.3 Å². The van der Waals surface area contributed by atoms with Crippen LogP contribution in [0.1, 0.15) is 97.2 Å². The summed E-state index contributed by atoms with van der Waals surface area (Å²) in [4.78, 5) is 66.4. The van der Waals surface area contributed by atoms with Gasteiger partial charge in [0.05, 0.1) is 17.2 Å². The quantitative estimate of drug-likeness (QED) is 0.111. The number of nitrogens with zero attached hydrogens (tertiary/aromatic N) is 6. The molecule has 1 N–H and O–H groups in total. The van der Waals surface area contributed by atoms with Crippen molar-refractivity contribution in [1.82, 2.24) is 30.0 Å². The van der Waals surface area contributed by atoms with E-state index in [0.29, 0.717) is 67.0 Å². The maximum Gasteiger partial charge on any atom is 0.264 e. The molecule has 348 valence electrons. The molecule has 1 aliphatic carbocycles. The molecule has 3 saturated heterocycles. The van der Waals surface area contributed by atoms with E-state index in [1.165, 1.54) is 23.4 Å². The molecule has 9 rings (SSSR count). The van der Waals surface area contributed by atoms with Crippen LogP contribution in [0.5, 0.6) is 5.75 Å². The van der Waals surface area contributed by atoms with Gasteiger partial charge >= 0.3 is 0 Å². The van der Waals surface area contributed by atoms with Crippen LogP contribution in [0.15, 0.2) is 54.3 Å². The van der Waals surface area contributed by atoms with Gasteiger partial charge in [-0.1, -0.05) is 49.9 Å². The highest BCUT2D eigenvalue weighted by atomic mass is 35.5. The lowest BCUT2D eigenvalue weighted by Gasteiger charge is -2.35. The second-order valence-electron chi connectivity index (χ2n) is 18.6. The summed E-state index contributed by atoms with van der Waals surface area (Å²) >= 11 is 5.84. The first-order valence-electron chi connectivity index (χ1n) is 23.3. The van der Waals surface area contributed by atoms with Crippen LogP contribution in [-0.4, -0.2) is 107 Å². The minimum atomic E-state index is -0.734. The van der Waals surface area contributed by atoms with Crippen molar-refractivity contribution in [2.24, 2.45) is 11.8 Å². The molecule has 0 radical (unpaired) electrons. The van der Waals surface area contributed by atoms with Gasteiger partial charge in [-0.3, -0.25) is 24.5 Å². The minimum absolute atomic E-state index is 0.0424. The number of aromatic nitrogens is 2.